The van der Waals surface area contributed by atoms with E-state index in [0.29, 0.717) is 46.6 Å². The number of carbonyl (C=O) groups excluding carboxylic acids is 2. The highest BCUT2D eigenvalue weighted by molar-refractivity contribution is 6.14. The number of ketones is 1. The molecule has 1 fully saturated rings. The molecule has 5 nitrogen and oxygen atoms in total. The summed E-state index contributed by atoms with van der Waals surface area (Å²) in [4.78, 5) is 32.6. The fourth-order valence-electron chi connectivity index (χ4n) is 5.22. The van der Waals surface area contributed by atoms with Gasteiger partial charge in [-0.1, -0.05) is 18.2 Å². The lowest BCUT2D eigenvalue weighted by molar-refractivity contribution is -0.113. The van der Waals surface area contributed by atoms with Gasteiger partial charge in [-0.05, 0) is 91.8 Å². The zero-order chi connectivity index (χ0) is 30.6. The van der Waals surface area contributed by atoms with Gasteiger partial charge in [0.05, 0.1) is 5.56 Å². The first-order valence-electron chi connectivity index (χ1n) is 13.6. The number of hydrogen-bond donors (Lipinski definition) is 1. The van der Waals surface area contributed by atoms with Crippen LogP contribution in [-0.2, 0) is 4.79 Å². The van der Waals surface area contributed by atoms with Gasteiger partial charge in [-0.25, -0.2) is 17.6 Å². The molecule has 3 aromatic carbocycles. The van der Waals surface area contributed by atoms with Gasteiger partial charge in [-0.3, -0.25) is 14.6 Å². The van der Waals surface area contributed by atoms with Crippen LogP contribution in [-0.4, -0.2) is 42.9 Å². The number of rotatable bonds is 7. The number of amides is 1. The molecule has 42 heavy (non-hydrogen) atoms. The summed E-state index contributed by atoms with van der Waals surface area (Å²) in [6.07, 6.45) is 4.92. The summed E-state index contributed by atoms with van der Waals surface area (Å²) in [7, 11) is 1.57. The molecule has 0 spiro atoms. The summed E-state index contributed by atoms with van der Waals surface area (Å²) in [5, 5.41) is 0. The standard InChI is InChI=1S/C33H31F4N3O2/c1-4-40(5-2)33(42)25-9-8-24(31(38)26(25)18-39-3)21-16-22(12-19-6-10-27(34)29(36)14-19)32(41)23(17-21)13-20-7-11-28(35)30(37)15-20/h6-15,18,21H,4-5,16-17,38H2,1-3H3/b22-12+,23-13+,39-18?. The first-order valence-corrected chi connectivity index (χ1v) is 13.6. The van der Waals surface area contributed by atoms with Crippen molar-refractivity contribution < 1.29 is 27.2 Å². The molecule has 1 aliphatic rings. The molecule has 0 heterocycles. The van der Waals surface area contributed by atoms with E-state index in [1.807, 2.05) is 13.8 Å². The number of carbonyl (C=O) groups is 2. The molecule has 0 radical (unpaired) electrons. The summed E-state index contributed by atoms with van der Waals surface area (Å²) in [6, 6.07) is 10.1. The first kappa shape index (κ1) is 30.4. The van der Waals surface area contributed by atoms with Crippen LogP contribution in [0.1, 0.15) is 65.2 Å². The van der Waals surface area contributed by atoms with Crippen molar-refractivity contribution in [1.82, 2.24) is 4.90 Å². The van der Waals surface area contributed by atoms with Crippen LogP contribution >= 0.6 is 0 Å². The van der Waals surface area contributed by atoms with Gasteiger partial charge in [0.25, 0.3) is 5.91 Å². The summed E-state index contributed by atoms with van der Waals surface area (Å²) >= 11 is 0. The van der Waals surface area contributed by atoms with Crippen LogP contribution in [0, 0.1) is 23.3 Å². The van der Waals surface area contributed by atoms with Crippen LogP contribution in [0.25, 0.3) is 12.2 Å². The Bertz CT molecular complexity index is 1550. The summed E-state index contributed by atoms with van der Waals surface area (Å²) in [5.41, 5.74) is 9.70. The van der Waals surface area contributed by atoms with Gasteiger partial charge < -0.3 is 10.6 Å². The second-order valence-corrected chi connectivity index (χ2v) is 10.0. The zero-order valence-electron chi connectivity index (χ0n) is 23.6. The van der Waals surface area contributed by atoms with Crippen LogP contribution < -0.4 is 5.73 Å². The van der Waals surface area contributed by atoms with E-state index in [1.54, 1.807) is 24.1 Å². The number of hydrogen-bond acceptors (Lipinski definition) is 4. The minimum atomic E-state index is -1.05. The number of nitrogens with zero attached hydrogens (tertiary/aromatic N) is 2. The number of benzene rings is 3. The Morgan fingerprint density at radius 2 is 1.40 bits per heavy atom. The number of halogens is 4. The molecule has 3 aromatic rings. The molecule has 4 rings (SSSR count). The highest BCUT2D eigenvalue weighted by Gasteiger charge is 2.31. The van der Waals surface area contributed by atoms with Crippen molar-refractivity contribution in [1.29, 1.82) is 0 Å². The average molecular weight is 578 g/mol. The predicted molar refractivity (Wildman–Crippen MR) is 157 cm³/mol. The SMILES string of the molecule is CCN(CC)C(=O)c1ccc(C2C/C(=C\c3ccc(F)c(F)c3)C(=O)/C(=C/c3ccc(F)c(F)c3)C2)c(N)c1C=NC. The molecular formula is C33H31F4N3O2. The predicted octanol–water partition coefficient (Wildman–Crippen LogP) is 6.97. The fourth-order valence-corrected chi connectivity index (χ4v) is 5.22. The normalized spacial score (nSPS) is 17.4. The Hall–Kier alpha value is -4.53. The molecule has 9 heteroatoms. The van der Waals surface area contributed by atoms with E-state index < -0.39 is 23.3 Å². The van der Waals surface area contributed by atoms with Crippen molar-refractivity contribution in [2.24, 2.45) is 4.99 Å². The lowest BCUT2D eigenvalue weighted by atomic mass is 9.75. The smallest absolute Gasteiger partial charge is 0.254 e. The van der Waals surface area contributed by atoms with E-state index in [9.17, 15) is 27.2 Å². The number of allylic oxidation sites excluding steroid dienone is 2. The first-order chi connectivity index (χ1) is 20.1. The van der Waals surface area contributed by atoms with Gasteiger partial charge in [0.2, 0.25) is 0 Å². The molecule has 218 valence electrons. The van der Waals surface area contributed by atoms with Crippen molar-refractivity contribution in [2.75, 3.05) is 25.9 Å². The Labute approximate surface area is 242 Å². The molecule has 0 saturated heterocycles. The van der Waals surface area contributed by atoms with E-state index in [-0.39, 0.29) is 41.6 Å². The summed E-state index contributed by atoms with van der Waals surface area (Å²) < 4.78 is 55.0. The number of anilines is 1. The molecule has 0 bridgehead atoms. The van der Waals surface area contributed by atoms with Gasteiger partial charge in [-0.2, -0.15) is 0 Å². The van der Waals surface area contributed by atoms with E-state index in [2.05, 4.69) is 4.99 Å². The fraction of sp³-hybridized carbons (Fsp3) is 0.242. The minimum Gasteiger partial charge on any atom is -0.398 e. The summed E-state index contributed by atoms with van der Waals surface area (Å²) in [6.45, 7) is 4.79. The maximum atomic E-state index is 14.0. The molecule has 1 amide bonds. The number of aliphatic imine (C=N–C) groups is 1. The van der Waals surface area contributed by atoms with E-state index in [4.69, 9.17) is 5.73 Å². The maximum Gasteiger partial charge on any atom is 0.254 e. The van der Waals surface area contributed by atoms with Crippen LogP contribution in [0.3, 0.4) is 0 Å². The number of nitrogens with two attached hydrogens (primary N) is 1. The van der Waals surface area contributed by atoms with Gasteiger partial charge in [0.1, 0.15) is 0 Å². The number of Topliss-reactive ketones (excluding diaryl/α,β-unsaturated/α-hetero) is 1. The van der Waals surface area contributed by atoms with Crippen molar-refractivity contribution in [3.8, 4) is 0 Å². The lowest BCUT2D eigenvalue weighted by Gasteiger charge is -2.28. The topological polar surface area (TPSA) is 75.8 Å². The third-order valence-corrected chi connectivity index (χ3v) is 7.39. The van der Waals surface area contributed by atoms with Crippen LogP contribution in [0.15, 0.2) is 64.7 Å². The van der Waals surface area contributed by atoms with Gasteiger partial charge >= 0.3 is 0 Å². The van der Waals surface area contributed by atoms with Crippen LogP contribution in [0.2, 0.25) is 0 Å². The quantitative estimate of drug-likeness (QED) is 0.143. The van der Waals surface area contributed by atoms with E-state index in [1.165, 1.54) is 30.5 Å². The zero-order valence-corrected chi connectivity index (χ0v) is 23.6. The summed E-state index contributed by atoms with van der Waals surface area (Å²) in [5.74, 6) is -5.04. The largest absolute Gasteiger partial charge is 0.398 e. The van der Waals surface area contributed by atoms with Gasteiger partial charge in [0, 0.05) is 48.7 Å². The highest BCUT2D eigenvalue weighted by Crippen LogP contribution is 2.42. The Kier molecular flexibility index (Phi) is 9.40. The maximum absolute atomic E-state index is 14.0. The number of nitrogen functional groups attached to an aromatic ring is 1. The van der Waals surface area contributed by atoms with E-state index >= 15 is 0 Å². The van der Waals surface area contributed by atoms with Crippen molar-refractivity contribution in [3.05, 3.63) is 111 Å². The second kappa shape index (κ2) is 13.0. The lowest BCUT2D eigenvalue weighted by Crippen LogP contribution is -2.31. The monoisotopic (exact) mass is 577 g/mol. The van der Waals surface area contributed by atoms with Crippen LogP contribution in [0.5, 0.6) is 0 Å². The van der Waals surface area contributed by atoms with Crippen molar-refractivity contribution in [2.45, 2.75) is 32.6 Å². The Balaban J connectivity index is 1.84. The highest BCUT2D eigenvalue weighted by atomic mass is 19.2. The molecule has 0 atom stereocenters. The van der Waals surface area contributed by atoms with Crippen molar-refractivity contribution >= 4 is 35.7 Å². The average Bonchev–Trinajstić information content (AvgIpc) is 2.96. The van der Waals surface area contributed by atoms with Gasteiger partial charge in [-0.15, -0.1) is 0 Å². The molecule has 0 aromatic heterocycles. The molecule has 2 N–H and O–H groups in total. The van der Waals surface area contributed by atoms with E-state index in [0.717, 1.165) is 24.3 Å². The molecule has 0 unspecified atom stereocenters. The molecule has 1 saturated carbocycles. The third-order valence-electron chi connectivity index (χ3n) is 7.39. The molecule has 1 aliphatic carbocycles. The van der Waals surface area contributed by atoms with Gasteiger partial charge in [0.15, 0.2) is 29.1 Å². The molecular weight excluding hydrogens is 546 g/mol. The van der Waals surface area contributed by atoms with Crippen molar-refractivity contribution in [3.63, 3.8) is 0 Å². The van der Waals surface area contributed by atoms with Crippen LogP contribution in [0.4, 0.5) is 23.2 Å². The Morgan fingerprint density at radius 1 is 0.881 bits per heavy atom. The Morgan fingerprint density at radius 3 is 1.86 bits per heavy atom. The molecule has 0 aliphatic heterocycles. The minimum absolute atomic E-state index is 0.190. The second-order valence-electron chi connectivity index (χ2n) is 10.0. The third kappa shape index (κ3) is 6.35.